The number of fused-ring (bicyclic) bond motifs is 1. The Morgan fingerprint density at radius 3 is 2.85 bits per heavy atom. The van der Waals surface area contributed by atoms with Gasteiger partial charge in [0.25, 0.3) is 0 Å². The number of hydrogen-bond donors (Lipinski definition) is 2. The average Bonchev–Trinajstić information content (AvgIpc) is 2.82. The summed E-state index contributed by atoms with van der Waals surface area (Å²) in [5.41, 5.74) is 8.58. The highest BCUT2D eigenvalue weighted by Gasteiger charge is 2.21. The molecule has 0 bridgehead atoms. The van der Waals surface area contributed by atoms with Gasteiger partial charge in [-0.15, -0.1) is 0 Å². The van der Waals surface area contributed by atoms with E-state index in [-0.39, 0.29) is 11.9 Å². The maximum atomic E-state index is 8.92. The predicted molar refractivity (Wildman–Crippen MR) is 78.3 cm³/mol. The Labute approximate surface area is 119 Å². The molecule has 20 heavy (non-hydrogen) atoms. The number of oxime groups is 1. The van der Waals surface area contributed by atoms with Crippen molar-refractivity contribution in [2.24, 2.45) is 16.8 Å². The second-order valence-corrected chi connectivity index (χ2v) is 5.84. The van der Waals surface area contributed by atoms with E-state index in [4.69, 9.17) is 15.7 Å². The summed E-state index contributed by atoms with van der Waals surface area (Å²) in [6.07, 6.45) is 4.06. The summed E-state index contributed by atoms with van der Waals surface area (Å²) in [6.45, 7) is 6.33. The van der Waals surface area contributed by atoms with Gasteiger partial charge in [-0.05, 0) is 50.2 Å². The lowest BCUT2D eigenvalue weighted by Crippen LogP contribution is -2.21. The molecule has 0 amide bonds. The number of pyridine rings is 1. The van der Waals surface area contributed by atoms with E-state index in [1.165, 1.54) is 5.56 Å². The van der Waals surface area contributed by atoms with Crippen molar-refractivity contribution in [3.05, 3.63) is 22.9 Å². The smallest absolute Gasteiger partial charge is 0.225 e. The van der Waals surface area contributed by atoms with E-state index in [1.807, 2.05) is 13.0 Å². The van der Waals surface area contributed by atoms with Gasteiger partial charge in [-0.25, -0.2) is 4.98 Å². The number of aryl methyl sites for hydroxylation is 2. The van der Waals surface area contributed by atoms with E-state index in [9.17, 15) is 0 Å². The fraction of sp³-hybridized carbons (Fsp3) is 0.600. The first-order valence-corrected chi connectivity index (χ1v) is 7.18. The molecule has 1 aromatic heterocycles. The molecular weight excluding hydrogens is 254 g/mol. The quantitative estimate of drug-likeness (QED) is 0.375. The van der Waals surface area contributed by atoms with Crippen molar-refractivity contribution in [2.45, 2.75) is 52.6 Å². The van der Waals surface area contributed by atoms with Crippen LogP contribution in [0.1, 0.15) is 50.4 Å². The first-order chi connectivity index (χ1) is 9.51. The number of aromatic nitrogens is 1. The lowest BCUT2D eigenvalue weighted by atomic mass is 10.1. The van der Waals surface area contributed by atoms with Gasteiger partial charge in [-0.2, -0.15) is 0 Å². The molecule has 0 aromatic carbocycles. The summed E-state index contributed by atoms with van der Waals surface area (Å²) >= 11 is 0. The van der Waals surface area contributed by atoms with Crippen LogP contribution < -0.4 is 10.5 Å². The fourth-order valence-electron chi connectivity index (χ4n) is 2.68. The average molecular weight is 277 g/mol. The number of amidine groups is 1. The standard InChI is InChI=1S/C15H23N3O2/c1-9(2)7-10(3)20-15-12(14(16)18-19)8-11-5-4-6-13(11)17-15/h8-10,19H,4-7H2,1-3H3,(H2,16,18). The normalized spacial score (nSPS) is 16.3. The van der Waals surface area contributed by atoms with Crippen molar-refractivity contribution < 1.29 is 9.94 Å². The Balaban J connectivity index is 2.30. The Bertz CT molecular complexity index is 512. The zero-order valence-electron chi connectivity index (χ0n) is 12.4. The summed E-state index contributed by atoms with van der Waals surface area (Å²) in [6, 6.07) is 1.95. The van der Waals surface area contributed by atoms with Crippen LogP contribution in [0.15, 0.2) is 11.2 Å². The van der Waals surface area contributed by atoms with Crippen LogP contribution in [0.5, 0.6) is 5.88 Å². The zero-order valence-corrected chi connectivity index (χ0v) is 12.4. The summed E-state index contributed by atoms with van der Waals surface area (Å²) in [7, 11) is 0. The summed E-state index contributed by atoms with van der Waals surface area (Å²) in [4.78, 5) is 4.58. The van der Waals surface area contributed by atoms with Crippen molar-refractivity contribution in [3.63, 3.8) is 0 Å². The van der Waals surface area contributed by atoms with Crippen LogP contribution in [0.25, 0.3) is 0 Å². The van der Waals surface area contributed by atoms with Crippen LogP contribution in [-0.2, 0) is 12.8 Å². The van der Waals surface area contributed by atoms with Crippen LogP contribution in [0, 0.1) is 5.92 Å². The van der Waals surface area contributed by atoms with Gasteiger partial charge in [-0.1, -0.05) is 19.0 Å². The molecule has 1 unspecified atom stereocenters. The summed E-state index contributed by atoms with van der Waals surface area (Å²) in [5, 5.41) is 12.0. The predicted octanol–water partition coefficient (Wildman–Crippen LogP) is 2.48. The fourth-order valence-corrected chi connectivity index (χ4v) is 2.68. The lowest BCUT2D eigenvalue weighted by molar-refractivity contribution is 0.185. The topological polar surface area (TPSA) is 80.7 Å². The Morgan fingerprint density at radius 2 is 2.20 bits per heavy atom. The van der Waals surface area contributed by atoms with Gasteiger partial charge >= 0.3 is 0 Å². The van der Waals surface area contributed by atoms with Crippen LogP contribution in [0.3, 0.4) is 0 Å². The first kappa shape index (κ1) is 14.6. The number of hydrogen-bond acceptors (Lipinski definition) is 4. The molecule has 1 aliphatic carbocycles. The van der Waals surface area contributed by atoms with Crippen molar-refractivity contribution in [2.75, 3.05) is 0 Å². The molecule has 5 nitrogen and oxygen atoms in total. The molecule has 1 atom stereocenters. The van der Waals surface area contributed by atoms with Crippen molar-refractivity contribution in [3.8, 4) is 5.88 Å². The minimum Gasteiger partial charge on any atom is -0.474 e. The maximum Gasteiger partial charge on any atom is 0.225 e. The van der Waals surface area contributed by atoms with Gasteiger partial charge < -0.3 is 15.7 Å². The second kappa shape index (κ2) is 6.11. The van der Waals surface area contributed by atoms with E-state index >= 15 is 0 Å². The third kappa shape index (κ3) is 3.21. The zero-order chi connectivity index (χ0) is 14.7. The van der Waals surface area contributed by atoms with Gasteiger partial charge in [0.2, 0.25) is 5.88 Å². The van der Waals surface area contributed by atoms with E-state index in [1.54, 1.807) is 0 Å². The van der Waals surface area contributed by atoms with E-state index in [2.05, 4.69) is 24.0 Å². The summed E-state index contributed by atoms with van der Waals surface area (Å²) in [5.74, 6) is 1.08. The third-order valence-corrected chi connectivity index (χ3v) is 3.52. The van der Waals surface area contributed by atoms with Crippen LogP contribution in [0.2, 0.25) is 0 Å². The molecule has 5 heteroatoms. The van der Waals surface area contributed by atoms with Gasteiger partial charge in [0, 0.05) is 5.69 Å². The molecule has 1 heterocycles. The van der Waals surface area contributed by atoms with Crippen LogP contribution in [0.4, 0.5) is 0 Å². The Morgan fingerprint density at radius 1 is 1.45 bits per heavy atom. The van der Waals surface area contributed by atoms with E-state index in [0.29, 0.717) is 17.4 Å². The molecule has 1 aliphatic rings. The molecule has 110 valence electrons. The molecule has 0 fully saturated rings. The van der Waals surface area contributed by atoms with Crippen molar-refractivity contribution in [1.82, 2.24) is 4.98 Å². The second-order valence-electron chi connectivity index (χ2n) is 5.84. The number of rotatable bonds is 5. The monoisotopic (exact) mass is 277 g/mol. The highest BCUT2D eigenvalue weighted by atomic mass is 16.5. The molecule has 0 aliphatic heterocycles. The summed E-state index contributed by atoms with van der Waals surface area (Å²) < 4.78 is 5.92. The van der Waals surface area contributed by atoms with Crippen LogP contribution in [-0.4, -0.2) is 22.1 Å². The van der Waals surface area contributed by atoms with Gasteiger partial charge in [-0.3, -0.25) is 0 Å². The minimum atomic E-state index is 0.0483. The lowest BCUT2D eigenvalue weighted by Gasteiger charge is -2.18. The molecule has 2 rings (SSSR count). The Kier molecular flexibility index (Phi) is 4.47. The number of nitrogens with zero attached hydrogens (tertiary/aromatic N) is 2. The molecule has 1 aromatic rings. The van der Waals surface area contributed by atoms with E-state index in [0.717, 1.165) is 31.4 Å². The molecule has 0 spiro atoms. The molecule has 0 radical (unpaired) electrons. The number of ether oxygens (including phenoxy) is 1. The highest BCUT2D eigenvalue weighted by Crippen LogP contribution is 2.27. The highest BCUT2D eigenvalue weighted by molar-refractivity contribution is 5.99. The molecule has 0 saturated carbocycles. The number of nitrogens with two attached hydrogens (primary N) is 1. The SMILES string of the molecule is CC(C)CC(C)Oc1nc2c(cc1C(N)=NO)CCC2. The third-order valence-electron chi connectivity index (χ3n) is 3.52. The Hall–Kier alpha value is -1.78. The minimum absolute atomic E-state index is 0.0483. The van der Waals surface area contributed by atoms with E-state index < -0.39 is 0 Å². The molecular formula is C15H23N3O2. The largest absolute Gasteiger partial charge is 0.474 e. The van der Waals surface area contributed by atoms with Crippen molar-refractivity contribution >= 4 is 5.84 Å². The van der Waals surface area contributed by atoms with Crippen LogP contribution >= 0.6 is 0 Å². The first-order valence-electron chi connectivity index (χ1n) is 7.18. The van der Waals surface area contributed by atoms with Gasteiger partial charge in [0.15, 0.2) is 5.84 Å². The van der Waals surface area contributed by atoms with Crippen molar-refractivity contribution in [1.29, 1.82) is 0 Å². The molecule has 0 saturated heterocycles. The van der Waals surface area contributed by atoms with Gasteiger partial charge in [0.05, 0.1) is 11.7 Å². The maximum absolute atomic E-state index is 8.92. The van der Waals surface area contributed by atoms with Gasteiger partial charge in [0.1, 0.15) is 0 Å². The molecule has 3 N–H and O–H groups in total.